The molecular formula is C23H33N7OS. The molecule has 0 aliphatic carbocycles. The topological polar surface area (TPSA) is 86.6 Å². The average Bonchev–Trinajstić information content (AvgIpc) is 3.20. The first-order valence-electron chi connectivity index (χ1n) is 10.7. The summed E-state index contributed by atoms with van der Waals surface area (Å²) in [6.45, 7) is 7.49. The minimum Gasteiger partial charge on any atom is -0.349 e. The van der Waals surface area contributed by atoms with Gasteiger partial charge in [-0.05, 0) is 63.6 Å². The van der Waals surface area contributed by atoms with Gasteiger partial charge in [-0.2, -0.15) is 9.61 Å². The number of nitrogens with one attached hydrogen (secondary N) is 3. The van der Waals surface area contributed by atoms with Gasteiger partial charge in [0.2, 0.25) is 0 Å². The zero-order valence-electron chi connectivity index (χ0n) is 19.6. The summed E-state index contributed by atoms with van der Waals surface area (Å²) < 4.78 is 3.96. The van der Waals surface area contributed by atoms with Gasteiger partial charge < -0.3 is 16.0 Å². The number of carbonyl (C=O) groups excluding carboxylic acids is 1. The SMILES string of the molecule is C/C=S(\c1ccc(Nc2cc(C(=O)NCCNC)nc3c(C(C)C)cnn23)cc1)N(C)C. The van der Waals surface area contributed by atoms with Crippen molar-refractivity contribution >= 4 is 39.1 Å². The molecule has 1 aromatic carbocycles. The lowest BCUT2D eigenvalue weighted by molar-refractivity contribution is 0.0949. The van der Waals surface area contributed by atoms with E-state index in [1.54, 1.807) is 10.6 Å². The Hall–Kier alpha value is -2.75. The molecule has 3 aromatic rings. The van der Waals surface area contributed by atoms with Gasteiger partial charge in [-0.25, -0.2) is 4.98 Å². The molecule has 1 atom stereocenters. The normalized spacial score (nSPS) is 12.6. The summed E-state index contributed by atoms with van der Waals surface area (Å²) in [6, 6.07) is 10.1. The summed E-state index contributed by atoms with van der Waals surface area (Å²) in [5, 5.41) is 16.1. The van der Waals surface area contributed by atoms with E-state index in [4.69, 9.17) is 0 Å². The molecule has 1 amide bonds. The van der Waals surface area contributed by atoms with E-state index in [2.05, 4.69) is 82.7 Å². The van der Waals surface area contributed by atoms with Crippen LogP contribution in [0.4, 0.5) is 11.5 Å². The van der Waals surface area contributed by atoms with Gasteiger partial charge in [0.15, 0.2) is 5.65 Å². The number of nitrogens with zero attached hydrogens (tertiary/aromatic N) is 4. The number of benzene rings is 1. The van der Waals surface area contributed by atoms with Crippen LogP contribution in [0.25, 0.3) is 5.65 Å². The van der Waals surface area contributed by atoms with E-state index in [-0.39, 0.29) is 22.5 Å². The molecular weight excluding hydrogens is 422 g/mol. The fraction of sp³-hybridized carbons (Fsp3) is 0.391. The van der Waals surface area contributed by atoms with Crippen LogP contribution in [0, 0.1) is 0 Å². The lowest BCUT2D eigenvalue weighted by atomic mass is 10.1. The van der Waals surface area contributed by atoms with Gasteiger partial charge in [0, 0.05) is 35.3 Å². The number of amides is 1. The molecule has 2 aromatic heterocycles. The van der Waals surface area contributed by atoms with Crippen LogP contribution in [-0.4, -0.2) is 64.4 Å². The van der Waals surface area contributed by atoms with Gasteiger partial charge in [0.1, 0.15) is 11.5 Å². The summed E-state index contributed by atoms with van der Waals surface area (Å²) in [6.07, 6.45) is 1.82. The molecule has 0 bridgehead atoms. The monoisotopic (exact) mass is 455 g/mol. The molecule has 0 saturated carbocycles. The fourth-order valence-corrected chi connectivity index (χ4v) is 4.90. The highest BCUT2D eigenvalue weighted by molar-refractivity contribution is 8.12. The van der Waals surface area contributed by atoms with Gasteiger partial charge in [-0.15, -0.1) is 0 Å². The highest BCUT2D eigenvalue weighted by Gasteiger charge is 2.17. The van der Waals surface area contributed by atoms with Crippen molar-refractivity contribution in [3.05, 3.63) is 47.8 Å². The van der Waals surface area contributed by atoms with Crippen LogP contribution in [0.2, 0.25) is 0 Å². The highest BCUT2D eigenvalue weighted by atomic mass is 32.2. The Balaban J connectivity index is 1.97. The van der Waals surface area contributed by atoms with Crippen LogP contribution in [0.5, 0.6) is 0 Å². The second-order valence-electron chi connectivity index (χ2n) is 7.89. The number of rotatable bonds is 9. The molecule has 0 spiro atoms. The Morgan fingerprint density at radius 2 is 1.94 bits per heavy atom. The van der Waals surface area contributed by atoms with E-state index in [9.17, 15) is 4.79 Å². The van der Waals surface area contributed by atoms with E-state index in [0.29, 0.717) is 30.2 Å². The molecule has 0 saturated heterocycles. The Morgan fingerprint density at radius 1 is 1.22 bits per heavy atom. The minimum atomic E-state index is -0.203. The van der Waals surface area contributed by atoms with Crippen molar-refractivity contribution in [2.24, 2.45) is 0 Å². The molecule has 0 radical (unpaired) electrons. The number of aromatic nitrogens is 3. The summed E-state index contributed by atoms with van der Waals surface area (Å²) in [4.78, 5) is 18.6. The number of fused-ring (bicyclic) bond motifs is 1. The van der Waals surface area contributed by atoms with Crippen molar-refractivity contribution in [3.8, 4) is 0 Å². The van der Waals surface area contributed by atoms with Crippen molar-refractivity contribution in [1.29, 1.82) is 0 Å². The maximum absolute atomic E-state index is 12.7. The van der Waals surface area contributed by atoms with Gasteiger partial charge in [0.05, 0.1) is 6.20 Å². The summed E-state index contributed by atoms with van der Waals surface area (Å²) in [5.74, 6) is 0.733. The maximum atomic E-state index is 12.7. The van der Waals surface area contributed by atoms with E-state index in [1.807, 2.05) is 25.4 Å². The van der Waals surface area contributed by atoms with Crippen molar-refractivity contribution in [2.45, 2.75) is 31.6 Å². The minimum absolute atomic E-state index is 0.0447. The van der Waals surface area contributed by atoms with Crippen LogP contribution >= 0.6 is 10.7 Å². The standard InChI is InChI=1S/C23H33N7OS/c1-7-32(29(5)6)18-10-8-17(9-11-18)27-21-14-20(23(31)25-13-12-24-4)28-22-19(16(2)3)15-26-30(21)22/h7-11,14-16,24,27H,12-13H2,1-6H3,(H,25,31). The van der Waals surface area contributed by atoms with Crippen LogP contribution in [-0.2, 0) is 0 Å². The van der Waals surface area contributed by atoms with Crippen molar-refractivity contribution in [2.75, 3.05) is 39.5 Å². The lowest BCUT2D eigenvalue weighted by Gasteiger charge is -2.17. The first kappa shape index (κ1) is 23.9. The van der Waals surface area contributed by atoms with E-state index in [0.717, 1.165) is 11.3 Å². The second kappa shape index (κ2) is 10.7. The zero-order valence-corrected chi connectivity index (χ0v) is 20.5. The van der Waals surface area contributed by atoms with E-state index >= 15 is 0 Å². The molecule has 3 N–H and O–H groups in total. The smallest absolute Gasteiger partial charge is 0.270 e. The molecule has 32 heavy (non-hydrogen) atoms. The molecule has 3 rings (SSSR count). The van der Waals surface area contributed by atoms with E-state index < -0.39 is 0 Å². The largest absolute Gasteiger partial charge is 0.349 e. The third-order valence-corrected chi connectivity index (χ3v) is 6.99. The fourth-order valence-electron chi connectivity index (χ4n) is 3.37. The summed E-state index contributed by atoms with van der Waals surface area (Å²) in [5.41, 5.74) is 2.98. The molecule has 172 valence electrons. The van der Waals surface area contributed by atoms with Crippen LogP contribution < -0.4 is 16.0 Å². The van der Waals surface area contributed by atoms with Crippen molar-refractivity contribution in [1.82, 2.24) is 29.5 Å². The Kier molecular flexibility index (Phi) is 8.00. The number of hydrogen-bond acceptors (Lipinski definition) is 6. The predicted molar refractivity (Wildman–Crippen MR) is 134 cm³/mol. The lowest BCUT2D eigenvalue weighted by Crippen LogP contribution is -2.31. The second-order valence-corrected chi connectivity index (χ2v) is 10.2. The number of anilines is 2. The number of carbonyl (C=O) groups is 1. The maximum Gasteiger partial charge on any atom is 0.270 e. The summed E-state index contributed by atoms with van der Waals surface area (Å²) >= 11 is 0. The van der Waals surface area contributed by atoms with Gasteiger partial charge in [-0.3, -0.25) is 9.10 Å². The third-order valence-electron chi connectivity index (χ3n) is 5.00. The zero-order chi connectivity index (χ0) is 23.3. The van der Waals surface area contributed by atoms with Gasteiger partial charge in [0.25, 0.3) is 5.91 Å². The Bertz CT molecular complexity index is 1100. The molecule has 1 unspecified atom stereocenters. The number of likely N-dealkylation sites (N-methyl/N-ethyl adjacent to an activating group) is 1. The van der Waals surface area contributed by atoms with E-state index in [1.165, 1.54) is 4.90 Å². The quantitative estimate of drug-likeness (QED) is 0.338. The van der Waals surface area contributed by atoms with Crippen LogP contribution in [0.1, 0.15) is 42.7 Å². The molecule has 0 fully saturated rings. The van der Waals surface area contributed by atoms with Gasteiger partial charge in [-0.1, -0.05) is 24.5 Å². The highest BCUT2D eigenvalue weighted by Crippen LogP contribution is 2.30. The molecule has 0 aliphatic heterocycles. The molecule has 0 aliphatic rings. The average molecular weight is 456 g/mol. The first-order chi connectivity index (χ1) is 15.3. The third kappa shape index (κ3) is 5.35. The Labute approximate surface area is 192 Å². The predicted octanol–water partition coefficient (Wildman–Crippen LogP) is 3.47. The first-order valence-corrected chi connectivity index (χ1v) is 12.0. The molecule has 2 heterocycles. The summed E-state index contributed by atoms with van der Waals surface area (Å²) in [7, 11) is 5.97. The van der Waals surface area contributed by atoms with Crippen LogP contribution in [0.3, 0.4) is 0 Å². The molecule has 8 nitrogen and oxygen atoms in total. The number of hydrogen-bond donors (Lipinski definition) is 3. The Morgan fingerprint density at radius 3 is 2.53 bits per heavy atom. The van der Waals surface area contributed by atoms with Crippen LogP contribution in [0.15, 0.2) is 41.4 Å². The molecule has 9 heteroatoms. The van der Waals surface area contributed by atoms with Crippen molar-refractivity contribution in [3.63, 3.8) is 0 Å². The van der Waals surface area contributed by atoms with Crippen molar-refractivity contribution < 1.29 is 4.79 Å². The van der Waals surface area contributed by atoms with Gasteiger partial charge >= 0.3 is 0 Å².